The molecule has 1 fully saturated rings. The number of aliphatic carboxylic acids is 1. The van der Waals surface area contributed by atoms with Gasteiger partial charge in [-0.15, -0.1) is 0 Å². The average molecular weight is 279 g/mol. The van der Waals surface area contributed by atoms with Crippen molar-refractivity contribution >= 4 is 11.9 Å². The summed E-state index contributed by atoms with van der Waals surface area (Å²) >= 11 is 0. The van der Waals surface area contributed by atoms with E-state index in [-0.39, 0.29) is 12.5 Å². The van der Waals surface area contributed by atoms with Crippen LogP contribution in [-0.4, -0.2) is 32.6 Å². The standard InChI is InChI=1S/C13H17N3O4/c1-13(11(18)19)5-2-4-9(13)15-10(17)8-16-7-3-6-14-12(16)20/h3,6-7,9H,2,4-5,8H2,1H3,(H,15,17)(H,18,19). The van der Waals surface area contributed by atoms with E-state index in [9.17, 15) is 19.5 Å². The fourth-order valence-electron chi connectivity index (χ4n) is 2.56. The van der Waals surface area contributed by atoms with Crippen molar-refractivity contribution in [1.29, 1.82) is 0 Å². The number of hydrogen-bond acceptors (Lipinski definition) is 4. The van der Waals surface area contributed by atoms with Gasteiger partial charge in [0, 0.05) is 18.4 Å². The summed E-state index contributed by atoms with van der Waals surface area (Å²) in [5, 5.41) is 12.0. The van der Waals surface area contributed by atoms with E-state index in [0.717, 1.165) is 6.42 Å². The molecule has 0 radical (unpaired) electrons. The Balaban J connectivity index is 2.04. The average Bonchev–Trinajstić information content (AvgIpc) is 2.75. The maximum Gasteiger partial charge on any atom is 0.347 e. The van der Waals surface area contributed by atoms with Gasteiger partial charge in [0.05, 0.1) is 5.41 Å². The number of nitrogens with zero attached hydrogens (tertiary/aromatic N) is 2. The van der Waals surface area contributed by atoms with Crippen molar-refractivity contribution in [2.75, 3.05) is 0 Å². The molecule has 1 heterocycles. The Kier molecular flexibility index (Phi) is 3.87. The second kappa shape index (κ2) is 5.44. The Morgan fingerprint density at radius 2 is 2.35 bits per heavy atom. The normalized spacial score (nSPS) is 25.4. The summed E-state index contributed by atoms with van der Waals surface area (Å²) in [6.07, 6.45) is 4.77. The molecule has 2 N–H and O–H groups in total. The van der Waals surface area contributed by atoms with Crippen molar-refractivity contribution in [1.82, 2.24) is 14.9 Å². The lowest BCUT2D eigenvalue weighted by Gasteiger charge is -2.27. The number of carboxylic acid groups (broad SMARTS) is 1. The van der Waals surface area contributed by atoms with Crippen LogP contribution in [0.5, 0.6) is 0 Å². The molecule has 1 aliphatic rings. The van der Waals surface area contributed by atoms with Gasteiger partial charge in [-0.3, -0.25) is 14.2 Å². The molecule has 7 heteroatoms. The van der Waals surface area contributed by atoms with E-state index < -0.39 is 23.1 Å². The van der Waals surface area contributed by atoms with E-state index in [0.29, 0.717) is 12.8 Å². The van der Waals surface area contributed by atoms with Gasteiger partial charge in [-0.25, -0.2) is 9.78 Å². The van der Waals surface area contributed by atoms with Gasteiger partial charge in [0.25, 0.3) is 0 Å². The highest BCUT2D eigenvalue weighted by molar-refractivity contribution is 5.80. The number of carbonyl (C=O) groups excluding carboxylic acids is 1. The van der Waals surface area contributed by atoms with Gasteiger partial charge in [-0.2, -0.15) is 0 Å². The minimum Gasteiger partial charge on any atom is -0.481 e. The van der Waals surface area contributed by atoms with Crippen LogP contribution in [0.1, 0.15) is 26.2 Å². The van der Waals surface area contributed by atoms with Crippen LogP contribution in [0.2, 0.25) is 0 Å². The smallest absolute Gasteiger partial charge is 0.347 e. The largest absolute Gasteiger partial charge is 0.481 e. The molecule has 1 amide bonds. The zero-order valence-electron chi connectivity index (χ0n) is 11.2. The lowest BCUT2D eigenvalue weighted by atomic mass is 9.85. The summed E-state index contributed by atoms with van der Waals surface area (Å²) in [7, 11) is 0. The number of nitrogens with one attached hydrogen (secondary N) is 1. The number of rotatable bonds is 4. The molecule has 0 aliphatic heterocycles. The summed E-state index contributed by atoms with van der Waals surface area (Å²) in [6, 6.07) is 1.16. The molecule has 1 aliphatic carbocycles. The van der Waals surface area contributed by atoms with Crippen molar-refractivity contribution in [3.8, 4) is 0 Å². The second-order valence-corrected chi connectivity index (χ2v) is 5.27. The zero-order valence-corrected chi connectivity index (χ0v) is 11.2. The SMILES string of the molecule is CC1(C(=O)O)CCCC1NC(=O)Cn1cccnc1=O. The lowest BCUT2D eigenvalue weighted by molar-refractivity contribution is -0.149. The van der Waals surface area contributed by atoms with Crippen LogP contribution < -0.4 is 11.0 Å². The van der Waals surface area contributed by atoms with Crippen molar-refractivity contribution in [2.24, 2.45) is 5.41 Å². The summed E-state index contributed by atoms with van der Waals surface area (Å²) < 4.78 is 1.18. The summed E-state index contributed by atoms with van der Waals surface area (Å²) in [6.45, 7) is 1.49. The first-order chi connectivity index (χ1) is 9.43. The number of amides is 1. The Hall–Kier alpha value is -2.18. The molecule has 2 atom stereocenters. The van der Waals surface area contributed by atoms with Crippen molar-refractivity contribution in [2.45, 2.75) is 38.8 Å². The van der Waals surface area contributed by atoms with E-state index in [1.807, 2.05) is 0 Å². The van der Waals surface area contributed by atoms with Crippen molar-refractivity contribution in [3.63, 3.8) is 0 Å². The second-order valence-electron chi connectivity index (χ2n) is 5.27. The molecule has 1 aromatic rings. The predicted molar refractivity (Wildman–Crippen MR) is 70.0 cm³/mol. The zero-order chi connectivity index (χ0) is 14.8. The number of hydrogen-bond donors (Lipinski definition) is 2. The highest BCUT2D eigenvalue weighted by atomic mass is 16.4. The number of carboxylic acids is 1. The first kappa shape index (κ1) is 14.2. The third kappa shape index (κ3) is 2.71. The molecule has 0 spiro atoms. The minimum absolute atomic E-state index is 0.154. The highest BCUT2D eigenvalue weighted by Gasteiger charge is 2.45. The van der Waals surface area contributed by atoms with Gasteiger partial charge in [0.15, 0.2) is 0 Å². The molecule has 1 saturated carbocycles. The molecule has 0 saturated heterocycles. The summed E-state index contributed by atoms with van der Waals surface area (Å²) in [5.74, 6) is -1.28. The van der Waals surface area contributed by atoms with Gasteiger partial charge in [-0.05, 0) is 25.8 Å². The van der Waals surface area contributed by atoms with Crippen LogP contribution in [0.15, 0.2) is 23.3 Å². The van der Waals surface area contributed by atoms with E-state index in [2.05, 4.69) is 10.3 Å². The van der Waals surface area contributed by atoms with E-state index in [1.54, 1.807) is 13.0 Å². The van der Waals surface area contributed by atoms with Gasteiger partial charge >= 0.3 is 11.7 Å². The molecule has 2 rings (SSSR count). The van der Waals surface area contributed by atoms with E-state index in [4.69, 9.17) is 0 Å². The van der Waals surface area contributed by atoms with Crippen LogP contribution in [0, 0.1) is 5.41 Å². The van der Waals surface area contributed by atoms with Crippen LogP contribution in [0.3, 0.4) is 0 Å². The minimum atomic E-state index is -0.935. The van der Waals surface area contributed by atoms with E-state index in [1.165, 1.54) is 17.0 Å². The molecular formula is C13H17N3O4. The fraction of sp³-hybridized carbons (Fsp3) is 0.538. The summed E-state index contributed by atoms with van der Waals surface area (Å²) in [4.78, 5) is 38.2. The van der Waals surface area contributed by atoms with Crippen molar-refractivity contribution in [3.05, 3.63) is 28.9 Å². The number of aromatic nitrogens is 2. The first-order valence-corrected chi connectivity index (χ1v) is 6.48. The molecule has 0 aromatic carbocycles. The monoisotopic (exact) mass is 279 g/mol. The topological polar surface area (TPSA) is 101 Å². The molecule has 108 valence electrons. The fourth-order valence-corrected chi connectivity index (χ4v) is 2.56. The maximum atomic E-state index is 11.9. The first-order valence-electron chi connectivity index (χ1n) is 6.48. The van der Waals surface area contributed by atoms with Crippen LogP contribution in [0.25, 0.3) is 0 Å². The van der Waals surface area contributed by atoms with Crippen LogP contribution in [0.4, 0.5) is 0 Å². The van der Waals surface area contributed by atoms with E-state index >= 15 is 0 Å². The van der Waals surface area contributed by atoms with Crippen LogP contribution in [-0.2, 0) is 16.1 Å². The predicted octanol–water partition coefficient (Wildman–Crippen LogP) is 0.00290. The van der Waals surface area contributed by atoms with Gasteiger partial charge in [0.2, 0.25) is 5.91 Å². The number of carbonyl (C=O) groups is 2. The lowest BCUT2D eigenvalue weighted by Crippen LogP contribution is -2.48. The van der Waals surface area contributed by atoms with Crippen LogP contribution >= 0.6 is 0 Å². The third-order valence-corrected chi connectivity index (χ3v) is 3.88. The quantitative estimate of drug-likeness (QED) is 0.808. The Bertz CT molecular complexity index is 583. The third-order valence-electron chi connectivity index (χ3n) is 3.88. The molecule has 1 aromatic heterocycles. The Morgan fingerprint density at radius 3 is 3.00 bits per heavy atom. The van der Waals surface area contributed by atoms with Crippen molar-refractivity contribution < 1.29 is 14.7 Å². The van der Waals surface area contributed by atoms with Gasteiger partial charge in [-0.1, -0.05) is 6.42 Å². The Morgan fingerprint density at radius 1 is 1.60 bits per heavy atom. The molecule has 7 nitrogen and oxygen atoms in total. The highest BCUT2D eigenvalue weighted by Crippen LogP contribution is 2.38. The Labute approximate surface area is 115 Å². The molecular weight excluding hydrogens is 262 g/mol. The maximum absolute atomic E-state index is 11.9. The molecule has 0 bridgehead atoms. The van der Waals surface area contributed by atoms with Gasteiger partial charge < -0.3 is 10.4 Å². The van der Waals surface area contributed by atoms with Gasteiger partial charge in [0.1, 0.15) is 6.54 Å². The molecule has 20 heavy (non-hydrogen) atoms. The molecule has 2 unspecified atom stereocenters. The summed E-state index contributed by atoms with van der Waals surface area (Å²) in [5.41, 5.74) is -1.44.